The molecule has 4 nitrogen and oxygen atoms in total. The van der Waals surface area contributed by atoms with Gasteiger partial charge in [-0.2, -0.15) is 0 Å². The molecule has 4 heteroatoms. The molecule has 0 aliphatic carbocycles. The first-order valence-electron chi connectivity index (χ1n) is 7.25. The lowest BCUT2D eigenvalue weighted by atomic mass is 10.0. The van der Waals surface area contributed by atoms with E-state index in [9.17, 15) is 4.79 Å². The minimum absolute atomic E-state index is 0.119. The van der Waals surface area contributed by atoms with Gasteiger partial charge in [0.2, 0.25) is 5.91 Å². The number of nitrogens with one attached hydrogen (secondary N) is 1. The molecule has 0 bridgehead atoms. The number of rotatable bonds is 6. The van der Waals surface area contributed by atoms with Crippen LogP contribution in [0.4, 0.5) is 0 Å². The quantitative estimate of drug-likeness (QED) is 0.858. The molecule has 0 fully saturated rings. The predicted octanol–water partition coefficient (Wildman–Crippen LogP) is 2.59. The van der Waals surface area contributed by atoms with Gasteiger partial charge in [-0.1, -0.05) is 43.7 Å². The molecule has 0 saturated heterocycles. The maximum absolute atomic E-state index is 12.0. The van der Waals surface area contributed by atoms with E-state index in [0.29, 0.717) is 13.0 Å². The average Bonchev–Trinajstić information content (AvgIpc) is 2.52. The molecular weight excluding hydrogens is 264 g/mol. The van der Waals surface area contributed by atoms with E-state index < -0.39 is 6.04 Å². The number of benzene rings is 2. The molecule has 0 saturated carbocycles. The third-order valence-electron chi connectivity index (χ3n) is 3.59. The van der Waals surface area contributed by atoms with Crippen molar-refractivity contribution in [1.29, 1.82) is 0 Å². The fraction of sp³-hybridized carbons (Fsp3) is 0.353. The fourth-order valence-electron chi connectivity index (χ4n) is 2.44. The maximum Gasteiger partial charge on any atom is 0.237 e. The first-order chi connectivity index (χ1) is 10.2. The lowest BCUT2D eigenvalue weighted by Crippen LogP contribution is -2.40. The molecule has 0 radical (unpaired) electrons. The van der Waals surface area contributed by atoms with Crippen LogP contribution in [0.2, 0.25) is 0 Å². The lowest BCUT2D eigenvalue weighted by molar-refractivity contribution is -0.122. The number of hydrogen-bond acceptors (Lipinski definition) is 3. The summed E-state index contributed by atoms with van der Waals surface area (Å²) in [4.78, 5) is 12.0. The molecule has 0 heterocycles. The molecule has 3 N–H and O–H groups in total. The number of carbonyl (C=O) groups excluding carboxylic acids is 1. The van der Waals surface area contributed by atoms with Crippen molar-refractivity contribution in [1.82, 2.24) is 5.32 Å². The van der Waals surface area contributed by atoms with E-state index in [1.54, 1.807) is 7.11 Å². The zero-order valence-electron chi connectivity index (χ0n) is 12.6. The highest BCUT2D eigenvalue weighted by Crippen LogP contribution is 2.27. The van der Waals surface area contributed by atoms with E-state index in [4.69, 9.17) is 10.5 Å². The summed E-state index contributed by atoms with van der Waals surface area (Å²) in [5.74, 6) is 0.657. The maximum atomic E-state index is 12.0. The Labute approximate surface area is 125 Å². The smallest absolute Gasteiger partial charge is 0.237 e. The second kappa shape index (κ2) is 7.09. The van der Waals surface area contributed by atoms with Gasteiger partial charge in [-0.15, -0.1) is 0 Å². The molecule has 2 aromatic rings. The van der Waals surface area contributed by atoms with E-state index in [0.717, 1.165) is 28.5 Å². The Hall–Kier alpha value is -2.07. The van der Waals surface area contributed by atoms with Crippen molar-refractivity contribution in [3.05, 3.63) is 42.0 Å². The zero-order valence-corrected chi connectivity index (χ0v) is 12.6. The van der Waals surface area contributed by atoms with Gasteiger partial charge in [-0.05, 0) is 23.3 Å². The van der Waals surface area contributed by atoms with Crippen LogP contribution >= 0.6 is 0 Å². The summed E-state index contributed by atoms with van der Waals surface area (Å²) in [6.07, 6.45) is 1.59. The van der Waals surface area contributed by atoms with E-state index in [-0.39, 0.29) is 5.91 Å². The minimum Gasteiger partial charge on any atom is -0.496 e. The molecule has 2 rings (SSSR count). The predicted molar refractivity (Wildman–Crippen MR) is 85.2 cm³/mol. The van der Waals surface area contributed by atoms with E-state index >= 15 is 0 Å². The van der Waals surface area contributed by atoms with Gasteiger partial charge in [-0.25, -0.2) is 0 Å². The highest BCUT2D eigenvalue weighted by molar-refractivity contribution is 5.88. The third kappa shape index (κ3) is 3.52. The van der Waals surface area contributed by atoms with Gasteiger partial charge in [0.25, 0.3) is 0 Å². The van der Waals surface area contributed by atoms with Crippen molar-refractivity contribution in [3.8, 4) is 5.75 Å². The summed E-state index contributed by atoms with van der Waals surface area (Å²) in [5, 5.41) is 5.12. The van der Waals surface area contributed by atoms with Crippen LogP contribution in [0.15, 0.2) is 36.4 Å². The highest BCUT2D eigenvalue weighted by atomic mass is 16.5. The van der Waals surface area contributed by atoms with Crippen LogP contribution in [0.1, 0.15) is 25.3 Å². The molecule has 0 aromatic heterocycles. The third-order valence-corrected chi connectivity index (χ3v) is 3.59. The van der Waals surface area contributed by atoms with Crippen molar-refractivity contribution < 1.29 is 9.53 Å². The van der Waals surface area contributed by atoms with Gasteiger partial charge in [0.15, 0.2) is 0 Å². The number of carbonyl (C=O) groups is 1. The SMILES string of the molecule is CCCC(N)C(=O)NCc1c(OC)ccc2ccccc12. The van der Waals surface area contributed by atoms with Crippen molar-refractivity contribution in [2.75, 3.05) is 7.11 Å². The Kier molecular flexibility index (Phi) is 5.17. The first kappa shape index (κ1) is 15.3. The van der Waals surface area contributed by atoms with Gasteiger partial charge in [0.1, 0.15) is 5.75 Å². The Morgan fingerprint density at radius 3 is 2.76 bits per heavy atom. The molecule has 1 amide bonds. The molecular formula is C17H22N2O2. The summed E-state index contributed by atoms with van der Waals surface area (Å²) in [6, 6.07) is 11.5. The van der Waals surface area contributed by atoms with E-state index in [2.05, 4.69) is 5.32 Å². The van der Waals surface area contributed by atoms with Crippen LogP contribution in [0.5, 0.6) is 5.75 Å². The number of ether oxygens (including phenoxy) is 1. The fourth-order valence-corrected chi connectivity index (χ4v) is 2.44. The van der Waals surface area contributed by atoms with E-state index in [1.807, 2.05) is 43.3 Å². The molecule has 0 spiro atoms. The van der Waals surface area contributed by atoms with Crippen molar-refractivity contribution in [2.45, 2.75) is 32.4 Å². The Balaban J connectivity index is 2.22. The second-order valence-electron chi connectivity index (χ2n) is 5.08. The Morgan fingerprint density at radius 1 is 1.29 bits per heavy atom. The number of nitrogens with two attached hydrogens (primary N) is 1. The van der Waals surface area contributed by atoms with Crippen molar-refractivity contribution in [2.24, 2.45) is 5.73 Å². The number of hydrogen-bond donors (Lipinski definition) is 2. The van der Waals surface area contributed by atoms with Gasteiger partial charge >= 0.3 is 0 Å². The van der Waals surface area contributed by atoms with Crippen LogP contribution in [0.3, 0.4) is 0 Å². The number of methoxy groups -OCH3 is 1. The molecule has 1 atom stereocenters. The second-order valence-corrected chi connectivity index (χ2v) is 5.08. The number of amides is 1. The normalized spacial score (nSPS) is 12.1. The molecule has 1 unspecified atom stereocenters. The molecule has 0 aliphatic rings. The lowest BCUT2D eigenvalue weighted by Gasteiger charge is -2.15. The van der Waals surface area contributed by atoms with Crippen LogP contribution in [-0.2, 0) is 11.3 Å². The molecule has 2 aromatic carbocycles. The zero-order chi connectivity index (χ0) is 15.2. The Morgan fingerprint density at radius 2 is 2.05 bits per heavy atom. The van der Waals surface area contributed by atoms with Crippen LogP contribution in [0, 0.1) is 0 Å². The molecule has 21 heavy (non-hydrogen) atoms. The Bertz CT molecular complexity index is 625. The summed E-state index contributed by atoms with van der Waals surface area (Å²) in [6.45, 7) is 2.43. The van der Waals surface area contributed by atoms with Gasteiger partial charge in [-0.3, -0.25) is 4.79 Å². The van der Waals surface area contributed by atoms with Crippen LogP contribution in [-0.4, -0.2) is 19.1 Å². The summed E-state index contributed by atoms with van der Waals surface area (Å²) in [7, 11) is 1.64. The first-order valence-corrected chi connectivity index (χ1v) is 7.25. The number of fused-ring (bicyclic) bond motifs is 1. The largest absolute Gasteiger partial charge is 0.496 e. The van der Waals surface area contributed by atoms with Gasteiger partial charge in [0, 0.05) is 12.1 Å². The minimum atomic E-state index is -0.448. The average molecular weight is 286 g/mol. The molecule has 0 aliphatic heterocycles. The standard InChI is InChI=1S/C17H22N2O2/c1-3-6-15(18)17(20)19-11-14-13-8-5-4-7-12(13)9-10-16(14)21-2/h4-5,7-10,15H,3,6,11,18H2,1-2H3,(H,19,20). The summed E-state index contributed by atoms with van der Waals surface area (Å²) < 4.78 is 5.41. The monoisotopic (exact) mass is 286 g/mol. The topological polar surface area (TPSA) is 64.4 Å². The van der Waals surface area contributed by atoms with Crippen molar-refractivity contribution in [3.63, 3.8) is 0 Å². The van der Waals surface area contributed by atoms with Crippen LogP contribution in [0.25, 0.3) is 10.8 Å². The highest BCUT2D eigenvalue weighted by Gasteiger charge is 2.14. The molecule has 112 valence electrons. The van der Waals surface area contributed by atoms with Gasteiger partial charge < -0.3 is 15.8 Å². The van der Waals surface area contributed by atoms with E-state index in [1.165, 1.54) is 0 Å². The van der Waals surface area contributed by atoms with Crippen molar-refractivity contribution >= 4 is 16.7 Å². The summed E-state index contributed by atoms with van der Waals surface area (Å²) >= 11 is 0. The van der Waals surface area contributed by atoms with Crippen LogP contribution < -0.4 is 15.8 Å². The summed E-state index contributed by atoms with van der Waals surface area (Å²) in [5.41, 5.74) is 6.81. The van der Waals surface area contributed by atoms with Gasteiger partial charge in [0.05, 0.1) is 13.2 Å².